The molecule has 130 valence electrons. The molecule has 2 heterocycles. The van der Waals surface area contributed by atoms with E-state index in [4.69, 9.17) is 4.74 Å². The molecule has 0 spiro atoms. The number of ether oxygens (including phenoxy) is 1. The molecule has 1 N–H and O–H groups in total. The van der Waals surface area contributed by atoms with E-state index in [0.717, 1.165) is 11.0 Å². The second kappa shape index (κ2) is 7.29. The zero-order chi connectivity index (χ0) is 17.8. The van der Waals surface area contributed by atoms with Gasteiger partial charge in [-0.15, -0.1) is 0 Å². The van der Waals surface area contributed by atoms with Gasteiger partial charge in [0.15, 0.2) is 17.2 Å². The molecule has 7 heteroatoms. The molecule has 0 fully saturated rings. The molecule has 1 aromatic carbocycles. The molecule has 0 radical (unpaired) electrons. The maximum Gasteiger partial charge on any atom is 0.227 e. The molecule has 0 saturated carbocycles. The zero-order valence-corrected chi connectivity index (χ0v) is 14.1. The van der Waals surface area contributed by atoms with Gasteiger partial charge in [0.05, 0.1) is 31.1 Å². The third-order valence-corrected chi connectivity index (χ3v) is 3.63. The van der Waals surface area contributed by atoms with Gasteiger partial charge in [-0.2, -0.15) is 5.10 Å². The summed E-state index contributed by atoms with van der Waals surface area (Å²) in [7, 11) is 0. The molecule has 3 aromatic rings. The number of nitrogens with zero attached hydrogens (tertiary/aromatic N) is 3. The first-order valence-electron chi connectivity index (χ1n) is 8.05. The molecular formula is C18H19FN4O2. The van der Waals surface area contributed by atoms with Gasteiger partial charge in [-0.05, 0) is 32.0 Å². The van der Waals surface area contributed by atoms with Crippen molar-refractivity contribution in [1.82, 2.24) is 14.8 Å². The van der Waals surface area contributed by atoms with Crippen LogP contribution in [0.1, 0.15) is 26.3 Å². The van der Waals surface area contributed by atoms with E-state index in [9.17, 15) is 9.18 Å². The molecule has 0 unspecified atom stereocenters. The van der Waals surface area contributed by atoms with Crippen molar-refractivity contribution in [3.63, 3.8) is 0 Å². The lowest BCUT2D eigenvalue weighted by Crippen LogP contribution is -2.15. The normalized spacial score (nSPS) is 11.0. The Bertz CT molecular complexity index is 892. The second-order valence-corrected chi connectivity index (χ2v) is 5.90. The highest BCUT2D eigenvalue weighted by atomic mass is 19.1. The number of halogens is 1. The summed E-state index contributed by atoms with van der Waals surface area (Å²) in [6, 6.07) is 8.13. The van der Waals surface area contributed by atoms with Gasteiger partial charge in [-0.1, -0.05) is 12.1 Å². The number of fused-ring (bicyclic) bond motifs is 1. The Balaban J connectivity index is 1.57. The fourth-order valence-electron chi connectivity index (χ4n) is 2.43. The molecule has 0 aliphatic heterocycles. The number of para-hydroxylation sites is 1. The largest absolute Gasteiger partial charge is 0.490 e. The molecule has 6 nitrogen and oxygen atoms in total. The van der Waals surface area contributed by atoms with Crippen LogP contribution in [0.2, 0.25) is 0 Å². The highest BCUT2D eigenvalue weighted by Crippen LogP contribution is 2.19. The number of hydrogen-bond acceptors (Lipinski definition) is 4. The Labute approximate surface area is 144 Å². The van der Waals surface area contributed by atoms with Gasteiger partial charge in [0.2, 0.25) is 5.91 Å². The van der Waals surface area contributed by atoms with E-state index in [1.165, 1.54) is 12.1 Å². The Morgan fingerprint density at radius 1 is 1.32 bits per heavy atom. The summed E-state index contributed by atoms with van der Waals surface area (Å²) in [5, 5.41) is 7.91. The van der Waals surface area contributed by atoms with Crippen LogP contribution in [0.25, 0.3) is 11.0 Å². The van der Waals surface area contributed by atoms with E-state index < -0.39 is 5.82 Å². The summed E-state index contributed by atoms with van der Waals surface area (Å²) in [4.78, 5) is 16.4. The van der Waals surface area contributed by atoms with Crippen molar-refractivity contribution in [2.75, 3.05) is 11.9 Å². The Hall–Kier alpha value is -2.96. The fraction of sp³-hybridized carbons (Fsp3) is 0.278. The SMILES string of the molecule is CC(C)n1ncc2cc(NC(=O)CCOc3ccccc3F)cnc21. The maximum absolute atomic E-state index is 13.4. The number of hydrogen-bond donors (Lipinski definition) is 1. The third kappa shape index (κ3) is 3.93. The van der Waals surface area contributed by atoms with E-state index in [2.05, 4.69) is 15.4 Å². The van der Waals surface area contributed by atoms with E-state index in [-0.39, 0.29) is 30.7 Å². The number of amides is 1. The van der Waals surface area contributed by atoms with Crippen LogP contribution in [0.5, 0.6) is 5.75 Å². The van der Waals surface area contributed by atoms with Gasteiger partial charge < -0.3 is 10.1 Å². The second-order valence-electron chi connectivity index (χ2n) is 5.90. The zero-order valence-electron chi connectivity index (χ0n) is 14.1. The molecule has 2 aromatic heterocycles. The Kier molecular flexibility index (Phi) is 4.92. The van der Waals surface area contributed by atoms with Crippen LogP contribution < -0.4 is 10.1 Å². The summed E-state index contributed by atoms with van der Waals surface area (Å²) in [6.07, 6.45) is 3.43. The lowest BCUT2D eigenvalue weighted by atomic mass is 10.3. The number of benzene rings is 1. The van der Waals surface area contributed by atoms with Gasteiger partial charge in [0, 0.05) is 11.4 Å². The van der Waals surface area contributed by atoms with Crippen LogP contribution in [0.15, 0.2) is 42.7 Å². The van der Waals surface area contributed by atoms with Crippen LogP contribution in [0, 0.1) is 5.82 Å². The van der Waals surface area contributed by atoms with Crippen molar-refractivity contribution in [2.45, 2.75) is 26.3 Å². The lowest BCUT2D eigenvalue weighted by Gasteiger charge is -2.09. The quantitative estimate of drug-likeness (QED) is 0.744. The first-order valence-corrected chi connectivity index (χ1v) is 8.05. The van der Waals surface area contributed by atoms with Crippen molar-refractivity contribution in [2.24, 2.45) is 0 Å². The first-order chi connectivity index (χ1) is 12.0. The molecule has 1 amide bonds. The van der Waals surface area contributed by atoms with Gasteiger partial charge in [-0.25, -0.2) is 14.1 Å². The number of anilines is 1. The van der Waals surface area contributed by atoms with Crippen molar-refractivity contribution < 1.29 is 13.9 Å². The average Bonchev–Trinajstić information content (AvgIpc) is 3.00. The number of carbonyl (C=O) groups is 1. The standard InChI is InChI=1S/C18H19FN4O2/c1-12(2)23-18-13(10-21-23)9-14(11-20-18)22-17(24)7-8-25-16-6-4-3-5-15(16)19/h3-6,9-12H,7-8H2,1-2H3,(H,22,24). The number of nitrogens with one attached hydrogen (secondary N) is 1. The minimum atomic E-state index is -0.445. The topological polar surface area (TPSA) is 69.0 Å². The van der Waals surface area contributed by atoms with Gasteiger partial charge in [0.1, 0.15) is 0 Å². The molecule has 0 atom stereocenters. The van der Waals surface area contributed by atoms with E-state index in [1.807, 2.05) is 24.6 Å². The number of rotatable bonds is 6. The van der Waals surface area contributed by atoms with Crippen molar-refractivity contribution in [3.8, 4) is 5.75 Å². The van der Waals surface area contributed by atoms with Crippen LogP contribution in [0.3, 0.4) is 0 Å². The summed E-state index contributed by atoms with van der Waals surface area (Å²) in [5.74, 6) is -0.534. The van der Waals surface area contributed by atoms with Crippen molar-refractivity contribution >= 4 is 22.6 Å². The van der Waals surface area contributed by atoms with E-state index in [0.29, 0.717) is 5.69 Å². The predicted octanol–water partition coefficient (Wildman–Crippen LogP) is 3.56. The summed E-state index contributed by atoms with van der Waals surface area (Å²) >= 11 is 0. The monoisotopic (exact) mass is 342 g/mol. The molecular weight excluding hydrogens is 323 g/mol. The molecule has 0 aliphatic carbocycles. The van der Waals surface area contributed by atoms with Gasteiger partial charge in [-0.3, -0.25) is 4.79 Å². The third-order valence-electron chi connectivity index (χ3n) is 3.63. The average molecular weight is 342 g/mol. The van der Waals surface area contributed by atoms with E-state index in [1.54, 1.807) is 24.5 Å². The van der Waals surface area contributed by atoms with Crippen LogP contribution in [-0.4, -0.2) is 27.3 Å². The minimum Gasteiger partial charge on any atom is -0.490 e. The molecule has 0 bridgehead atoms. The highest BCUT2D eigenvalue weighted by Gasteiger charge is 2.10. The first kappa shape index (κ1) is 16.9. The Morgan fingerprint density at radius 3 is 2.88 bits per heavy atom. The molecule has 0 saturated heterocycles. The number of carbonyl (C=O) groups excluding carboxylic acids is 1. The van der Waals surface area contributed by atoms with E-state index >= 15 is 0 Å². The summed E-state index contributed by atoms with van der Waals surface area (Å²) in [6.45, 7) is 4.15. The smallest absolute Gasteiger partial charge is 0.227 e. The summed E-state index contributed by atoms with van der Waals surface area (Å²) in [5.41, 5.74) is 1.36. The maximum atomic E-state index is 13.4. The number of aromatic nitrogens is 3. The Morgan fingerprint density at radius 2 is 2.12 bits per heavy atom. The van der Waals surface area contributed by atoms with Gasteiger partial charge in [0.25, 0.3) is 0 Å². The minimum absolute atomic E-state index is 0.0910. The number of pyridine rings is 1. The van der Waals surface area contributed by atoms with Gasteiger partial charge >= 0.3 is 0 Å². The molecule has 25 heavy (non-hydrogen) atoms. The van der Waals surface area contributed by atoms with Crippen LogP contribution in [-0.2, 0) is 4.79 Å². The highest BCUT2D eigenvalue weighted by molar-refractivity contribution is 5.92. The fourth-order valence-corrected chi connectivity index (χ4v) is 2.43. The predicted molar refractivity (Wildman–Crippen MR) is 93.1 cm³/mol. The van der Waals surface area contributed by atoms with Crippen LogP contribution in [0.4, 0.5) is 10.1 Å². The molecule has 0 aliphatic rings. The van der Waals surface area contributed by atoms with Crippen molar-refractivity contribution in [3.05, 3.63) is 48.5 Å². The lowest BCUT2D eigenvalue weighted by molar-refractivity contribution is -0.116. The van der Waals surface area contributed by atoms with Crippen LogP contribution >= 0.6 is 0 Å². The molecule has 3 rings (SSSR count). The summed E-state index contributed by atoms with van der Waals surface area (Å²) < 4.78 is 20.5. The van der Waals surface area contributed by atoms with Crippen molar-refractivity contribution in [1.29, 1.82) is 0 Å².